The van der Waals surface area contributed by atoms with E-state index in [9.17, 15) is 4.79 Å². The molecular weight excluding hydrogens is 166 g/mol. The minimum Gasteiger partial charge on any atom is -0.289 e. The number of nitrogens with one attached hydrogen (secondary N) is 2. The Labute approximate surface area is 74.8 Å². The summed E-state index contributed by atoms with van der Waals surface area (Å²) in [6, 6.07) is 8.71. The van der Waals surface area contributed by atoms with Gasteiger partial charge < -0.3 is 0 Å². The number of aliphatic imine (C=N–C) groups is 1. The number of amides is 2. The molecule has 0 atom stereocenters. The molecule has 4 heteroatoms. The summed E-state index contributed by atoms with van der Waals surface area (Å²) in [5, 5.41) is 9.72. The van der Waals surface area contributed by atoms with Gasteiger partial charge >= 0.3 is 6.03 Å². The molecule has 2 amide bonds. The fraction of sp³-hybridized carbons (Fsp3) is 0. The van der Waals surface area contributed by atoms with E-state index in [0.717, 1.165) is 5.56 Å². The molecule has 0 saturated heterocycles. The number of carbonyl (C=O) groups excluding carboxylic acids is 1. The Morgan fingerprint density at radius 2 is 1.92 bits per heavy atom. The summed E-state index contributed by atoms with van der Waals surface area (Å²) >= 11 is 0. The standard InChI is InChI=1S/C9H7N3O/c10-8-7(11-9(13)12-8)6-4-2-1-3-5-6/h1-5H,(H2,10,12,13). The Bertz CT molecular complexity index is 395. The average molecular weight is 173 g/mol. The average Bonchev–Trinajstić information content (AvgIpc) is 2.47. The van der Waals surface area contributed by atoms with E-state index >= 15 is 0 Å². The Balaban J connectivity index is 2.43. The molecule has 1 heterocycles. The van der Waals surface area contributed by atoms with E-state index in [2.05, 4.69) is 10.3 Å². The lowest BCUT2D eigenvalue weighted by atomic mass is 10.1. The van der Waals surface area contributed by atoms with Crippen molar-refractivity contribution in [1.82, 2.24) is 5.32 Å². The van der Waals surface area contributed by atoms with Crippen LogP contribution in [-0.4, -0.2) is 17.6 Å². The van der Waals surface area contributed by atoms with Crippen molar-refractivity contribution in [2.24, 2.45) is 4.99 Å². The molecule has 1 aromatic rings. The molecule has 64 valence electrons. The van der Waals surface area contributed by atoms with E-state index in [0.29, 0.717) is 5.71 Å². The van der Waals surface area contributed by atoms with Crippen molar-refractivity contribution in [2.75, 3.05) is 0 Å². The van der Waals surface area contributed by atoms with Crippen molar-refractivity contribution in [2.45, 2.75) is 0 Å². The third kappa shape index (κ3) is 1.33. The number of hydrogen-bond donors (Lipinski definition) is 2. The third-order valence-electron chi connectivity index (χ3n) is 1.73. The first-order valence-electron chi connectivity index (χ1n) is 3.81. The first-order valence-corrected chi connectivity index (χ1v) is 3.81. The minimum absolute atomic E-state index is 0.0659. The highest BCUT2D eigenvalue weighted by atomic mass is 16.2. The molecule has 2 rings (SSSR count). The summed E-state index contributed by atoms with van der Waals surface area (Å²) in [5.41, 5.74) is 1.19. The van der Waals surface area contributed by atoms with Gasteiger partial charge in [0.05, 0.1) is 0 Å². The number of amidine groups is 1. The summed E-state index contributed by atoms with van der Waals surface area (Å²) in [7, 11) is 0. The lowest BCUT2D eigenvalue weighted by molar-refractivity contribution is 0.254. The molecule has 0 bridgehead atoms. The molecule has 1 aliphatic rings. The maximum Gasteiger partial charge on any atom is 0.347 e. The summed E-state index contributed by atoms with van der Waals surface area (Å²) in [6.45, 7) is 0. The normalized spacial score (nSPS) is 15.5. The first-order chi connectivity index (χ1) is 6.27. The predicted molar refractivity (Wildman–Crippen MR) is 49.2 cm³/mol. The highest BCUT2D eigenvalue weighted by Gasteiger charge is 2.20. The smallest absolute Gasteiger partial charge is 0.289 e. The number of carbonyl (C=O) groups is 1. The third-order valence-corrected chi connectivity index (χ3v) is 1.73. The van der Waals surface area contributed by atoms with Crippen LogP contribution in [0.5, 0.6) is 0 Å². The van der Waals surface area contributed by atoms with Crippen LogP contribution in [0.1, 0.15) is 5.56 Å². The second kappa shape index (κ2) is 2.82. The van der Waals surface area contributed by atoms with Crippen molar-refractivity contribution in [3.05, 3.63) is 35.9 Å². The molecular formula is C9H7N3O. The van der Waals surface area contributed by atoms with E-state index in [1.807, 2.05) is 30.3 Å². The van der Waals surface area contributed by atoms with E-state index in [-0.39, 0.29) is 5.84 Å². The van der Waals surface area contributed by atoms with Gasteiger partial charge in [-0.25, -0.2) is 4.79 Å². The predicted octanol–water partition coefficient (Wildman–Crippen LogP) is 1.18. The molecule has 4 nitrogen and oxygen atoms in total. The molecule has 1 aromatic carbocycles. The van der Waals surface area contributed by atoms with Crippen LogP contribution in [0.15, 0.2) is 35.3 Å². The number of rotatable bonds is 1. The van der Waals surface area contributed by atoms with E-state index in [4.69, 9.17) is 5.41 Å². The Kier molecular flexibility index (Phi) is 1.66. The molecule has 0 fully saturated rings. The molecule has 1 aliphatic heterocycles. The number of urea groups is 1. The van der Waals surface area contributed by atoms with Crippen LogP contribution in [0.2, 0.25) is 0 Å². The molecule has 0 spiro atoms. The topological polar surface area (TPSA) is 65.3 Å². The quantitative estimate of drug-likeness (QED) is 0.657. The van der Waals surface area contributed by atoms with Crippen molar-refractivity contribution in [3.63, 3.8) is 0 Å². The summed E-state index contributed by atoms with van der Waals surface area (Å²) in [5.74, 6) is 0.0659. The van der Waals surface area contributed by atoms with Gasteiger partial charge in [-0.2, -0.15) is 4.99 Å². The van der Waals surface area contributed by atoms with Crippen molar-refractivity contribution in [3.8, 4) is 0 Å². The van der Waals surface area contributed by atoms with Gasteiger partial charge in [-0.3, -0.25) is 10.7 Å². The maximum absolute atomic E-state index is 10.8. The van der Waals surface area contributed by atoms with Crippen molar-refractivity contribution in [1.29, 1.82) is 5.41 Å². The van der Waals surface area contributed by atoms with Gasteiger partial charge in [0.2, 0.25) is 0 Å². The summed E-state index contributed by atoms with van der Waals surface area (Å²) in [6.07, 6.45) is 0. The highest BCUT2D eigenvalue weighted by molar-refractivity contribution is 6.52. The van der Waals surface area contributed by atoms with E-state index in [1.54, 1.807) is 0 Å². The highest BCUT2D eigenvalue weighted by Crippen LogP contribution is 2.05. The van der Waals surface area contributed by atoms with Gasteiger partial charge in [0.25, 0.3) is 0 Å². The Morgan fingerprint density at radius 1 is 1.23 bits per heavy atom. The van der Waals surface area contributed by atoms with Gasteiger partial charge in [0.1, 0.15) is 5.71 Å². The van der Waals surface area contributed by atoms with Crippen LogP contribution in [0.25, 0.3) is 0 Å². The zero-order chi connectivity index (χ0) is 9.26. The fourth-order valence-electron chi connectivity index (χ4n) is 1.16. The molecule has 0 aliphatic carbocycles. The van der Waals surface area contributed by atoms with Gasteiger partial charge in [-0.15, -0.1) is 0 Å². The number of nitrogens with zero attached hydrogens (tertiary/aromatic N) is 1. The van der Waals surface area contributed by atoms with E-state index in [1.165, 1.54) is 0 Å². The maximum atomic E-state index is 10.8. The fourth-order valence-corrected chi connectivity index (χ4v) is 1.16. The van der Waals surface area contributed by atoms with Crippen molar-refractivity contribution >= 4 is 17.6 Å². The first kappa shape index (κ1) is 7.67. The summed E-state index contributed by atoms with van der Waals surface area (Å²) in [4.78, 5) is 14.5. The minimum atomic E-state index is -0.469. The second-order valence-corrected chi connectivity index (χ2v) is 2.63. The molecule has 0 radical (unpaired) electrons. The van der Waals surface area contributed by atoms with Gasteiger partial charge in [-0.05, 0) is 0 Å². The van der Waals surface area contributed by atoms with Crippen molar-refractivity contribution < 1.29 is 4.79 Å². The molecule has 0 saturated carbocycles. The van der Waals surface area contributed by atoms with Crippen LogP contribution >= 0.6 is 0 Å². The van der Waals surface area contributed by atoms with Gasteiger partial charge in [0, 0.05) is 5.56 Å². The van der Waals surface area contributed by atoms with Gasteiger partial charge in [-0.1, -0.05) is 30.3 Å². The SMILES string of the molecule is N=C1NC(=O)N=C1c1ccccc1. The van der Waals surface area contributed by atoms with Gasteiger partial charge in [0.15, 0.2) is 5.84 Å². The van der Waals surface area contributed by atoms with Crippen LogP contribution in [0, 0.1) is 5.41 Å². The number of hydrogen-bond acceptors (Lipinski definition) is 2. The molecule has 13 heavy (non-hydrogen) atoms. The molecule has 2 N–H and O–H groups in total. The second-order valence-electron chi connectivity index (χ2n) is 2.63. The zero-order valence-corrected chi connectivity index (χ0v) is 6.74. The molecule has 0 unspecified atom stereocenters. The van der Waals surface area contributed by atoms with Crippen LogP contribution in [-0.2, 0) is 0 Å². The Hall–Kier alpha value is -1.97. The summed E-state index contributed by atoms with van der Waals surface area (Å²) < 4.78 is 0. The van der Waals surface area contributed by atoms with E-state index < -0.39 is 6.03 Å². The lowest BCUT2D eigenvalue weighted by Gasteiger charge is -1.97. The van der Waals surface area contributed by atoms with Crippen LogP contribution < -0.4 is 5.32 Å². The van der Waals surface area contributed by atoms with Crippen LogP contribution in [0.4, 0.5) is 4.79 Å². The largest absolute Gasteiger partial charge is 0.347 e. The Morgan fingerprint density at radius 3 is 2.46 bits per heavy atom. The lowest BCUT2D eigenvalue weighted by Crippen LogP contribution is -2.24. The monoisotopic (exact) mass is 173 g/mol. The zero-order valence-electron chi connectivity index (χ0n) is 6.74. The van der Waals surface area contributed by atoms with Crippen LogP contribution in [0.3, 0.4) is 0 Å². The number of benzene rings is 1. The molecule has 0 aromatic heterocycles.